The molecule has 12 aromatic carbocycles. The van der Waals surface area contributed by atoms with Crippen LogP contribution in [0.15, 0.2) is 394 Å². The summed E-state index contributed by atoms with van der Waals surface area (Å²) in [5.74, 6) is 4.79. The molecular weight excluding hydrogens is 2230 g/mol. The van der Waals surface area contributed by atoms with Gasteiger partial charge < -0.3 is 68.4 Å². The van der Waals surface area contributed by atoms with E-state index in [1.54, 1.807) is 87.2 Å². The Hall–Kier alpha value is -16.7. The van der Waals surface area contributed by atoms with Crippen molar-refractivity contribution >= 4 is 98.7 Å². The molecule has 0 spiro atoms. The second-order valence-corrected chi connectivity index (χ2v) is 30.8. The summed E-state index contributed by atoms with van der Waals surface area (Å²) in [5.41, 5.74) is 24.5. The van der Waals surface area contributed by atoms with Crippen LogP contribution in [-0.2, 0) is 63.2 Å². The van der Waals surface area contributed by atoms with E-state index in [-0.39, 0.29) is 63.2 Å². The monoisotopic (exact) mass is 2290 g/mol. The molecule has 0 fully saturated rings. The molecule has 648 valence electrons. The van der Waals surface area contributed by atoms with E-state index in [1.165, 1.54) is 0 Å². The van der Waals surface area contributed by atoms with E-state index in [9.17, 15) is 0 Å². The first-order chi connectivity index (χ1) is 65.4. The fraction of sp³-hybridized carbons (Fsp3) is 0. The van der Waals surface area contributed by atoms with E-state index in [4.69, 9.17) is 54.7 Å². The minimum absolute atomic E-state index is 0. The number of nitrogens with zero attached hydrogens (tertiary/aromatic N) is 14. The summed E-state index contributed by atoms with van der Waals surface area (Å²) >= 11 is 0. The van der Waals surface area contributed by atoms with Crippen molar-refractivity contribution in [2.45, 2.75) is 0 Å². The van der Waals surface area contributed by atoms with Gasteiger partial charge in [0.05, 0.1) is 59.4 Å². The number of benzene rings is 12. The molecule has 0 aliphatic heterocycles. The van der Waals surface area contributed by atoms with Crippen molar-refractivity contribution in [2.24, 2.45) is 0 Å². The molecule has 0 atom stereocenters. The maximum Gasteiger partial charge on any atom is 2.00 e. The molecule has 0 saturated heterocycles. The van der Waals surface area contributed by atoms with Gasteiger partial charge in [-0.1, -0.05) is 112 Å². The summed E-state index contributed by atoms with van der Waals surface area (Å²) in [6.07, 6.45) is 23.0. The Morgan fingerprint density at radius 1 is 0.244 bits per heavy atom. The number of hydrogen-bond acceptors (Lipinski definition) is 20. The average Bonchev–Trinajstić information content (AvgIpc) is 1.61. The first-order valence-corrected chi connectivity index (χ1v) is 42.0. The van der Waals surface area contributed by atoms with Crippen LogP contribution in [0.5, 0.6) is 0 Å². The molecule has 27 aromatic rings. The maximum absolute atomic E-state index is 6.25. The van der Waals surface area contributed by atoms with Crippen molar-refractivity contribution in [3.05, 3.63) is 390 Å². The molecule has 26 heteroatoms. The summed E-state index contributed by atoms with van der Waals surface area (Å²) in [4.78, 5) is 50.0. The first-order valence-electron chi connectivity index (χ1n) is 42.0. The van der Waals surface area contributed by atoms with Gasteiger partial charge in [-0.3, -0.25) is 15.0 Å². The number of aromatic nitrogens is 14. The van der Waals surface area contributed by atoms with Crippen LogP contribution in [0.2, 0.25) is 0 Å². The number of rotatable bonds is 15. The van der Waals surface area contributed by atoms with Gasteiger partial charge in [0.2, 0.25) is 17.7 Å². The SMILES string of the molecule is [Pt+2].[Pt+2].[Pt+2].[c-]1c(-c2ccc(-c3ncco3)cn2)cccc1-n1c2[c-]c(-c3nc4ccccc4o3)ccc2c2cc(-c3ncco3)ccc21.[c-]1c(-c2ccccn2)ccc(-c2ncco2)c1-n1c2[c-]c(-c3nc4ccccc4o3)ccc2c2cc(-c3ccco3)ccc21.[c-]1c(-c2ccccn2)cccc1-n1c2[c-]c(-c3nc4ccccc4o3)c(-c3ncco3)cc2c2cc(-c3ncco3)ccc21. The van der Waals surface area contributed by atoms with Crippen molar-refractivity contribution in [2.75, 3.05) is 0 Å². The third kappa shape index (κ3) is 15.4. The number of oxazole rings is 8. The van der Waals surface area contributed by atoms with E-state index in [0.717, 1.165) is 189 Å². The molecule has 0 bridgehead atoms. The van der Waals surface area contributed by atoms with Gasteiger partial charge in [-0.05, 0) is 187 Å². The predicted octanol–water partition coefficient (Wildman–Crippen LogP) is 26.3. The van der Waals surface area contributed by atoms with Crippen molar-refractivity contribution in [3.8, 4) is 154 Å². The quantitative estimate of drug-likeness (QED) is 0.0862. The van der Waals surface area contributed by atoms with Crippen LogP contribution in [-0.4, -0.2) is 68.5 Å². The molecule has 0 saturated carbocycles. The third-order valence-electron chi connectivity index (χ3n) is 23.0. The minimum atomic E-state index is 0. The topological polar surface area (TPSA) is 275 Å². The van der Waals surface area contributed by atoms with Crippen LogP contribution in [0.4, 0.5) is 0 Å². The summed E-state index contributed by atoms with van der Waals surface area (Å²) in [7, 11) is 0. The van der Waals surface area contributed by atoms with Crippen LogP contribution >= 0.6 is 0 Å². The van der Waals surface area contributed by atoms with E-state index in [2.05, 4.69) is 151 Å². The first kappa shape index (κ1) is 83.9. The van der Waals surface area contributed by atoms with Crippen molar-refractivity contribution in [1.29, 1.82) is 0 Å². The Morgan fingerprint density at radius 2 is 0.681 bits per heavy atom. The molecular formula is C109H58N14O9Pt3. The van der Waals surface area contributed by atoms with Crippen LogP contribution in [0.25, 0.3) is 253 Å². The molecule has 0 N–H and O–H groups in total. The van der Waals surface area contributed by atoms with Crippen molar-refractivity contribution in [1.82, 2.24) is 68.5 Å². The normalized spacial score (nSPS) is 11.4. The fourth-order valence-electron chi connectivity index (χ4n) is 17.0. The summed E-state index contributed by atoms with van der Waals surface area (Å²) in [5, 5.41) is 5.98. The Morgan fingerprint density at radius 3 is 1.18 bits per heavy atom. The molecule has 0 radical (unpaired) electrons. The second-order valence-electron chi connectivity index (χ2n) is 30.8. The molecule has 15 heterocycles. The van der Waals surface area contributed by atoms with Crippen molar-refractivity contribution < 1.29 is 103 Å². The Balaban J connectivity index is 0.000000116. The molecule has 0 aliphatic carbocycles. The summed E-state index contributed by atoms with van der Waals surface area (Å²) in [6.45, 7) is 0. The Bertz CT molecular complexity index is 8890. The standard InChI is InChI=1S/C37H20N4O3.2C36H19N5O3.3Pt/c1-2-8-35-30(7-1)40-36(44-35)25-11-13-26-28-20-24(34-9-5-18-42-34)12-15-31(28)41(32(26)22-25)33-21-23(29-6-3-4-16-38-29)10-14-27(33)37-39-17-19-43-37;1-2-10-33-30(9-1)40-36(44-33)28-21-32-26(20-27(28)35-39-15-17-43-35)25-19-23(34-38-14-16-42-34)11-12-31(25)41(32)24-7-5-6-22(18-24)29-8-3-4-13-37-29;1-2-7-33-30(6-1)40-36(44-33)24-8-11-27-28-19-23(34-37-14-16-42-34)10-13-31(28)41(32(27)20-24)26-5-3-4-22(18-26)29-12-9-25(21-39-29)35-38-15-17-43-35;;;/h1-20H;1-17,19-20H;1-17,19,21H;;;/q3*-2;3*+2. The van der Waals surface area contributed by atoms with Gasteiger partial charge in [0.15, 0.2) is 11.8 Å². The largest absolute Gasteiger partial charge is 2.00 e. The molecule has 0 amide bonds. The molecule has 0 unspecified atom stereocenters. The molecule has 27 rings (SSSR count). The van der Waals surface area contributed by atoms with Crippen LogP contribution in [0.3, 0.4) is 0 Å². The zero-order chi connectivity index (χ0) is 87.1. The van der Waals surface area contributed by atoms with Gasteiger partial charge >= 0.3 is 63.2 Å². The van der Waals surface area contributed by atoms with E-state index >= 15 is 0 Å². The molecule has 135 heavy (non-hydrogen) atoms. The number of fused-ring (bicyclic) bond motifs is 12. The molecule has 0 aliphatic rings. The zero-order valence-electron chi connectivity index (χ0n) is 69.9. The minimum Gasteiger partial charge on any atom is -0.481 e. The van der Waals surface area contributed by atoms with Gasteiger partial charge in [-0.25, -0.2) is 24.9 Å². The van der Waals surface area contributed by atoms with Crippen molar-refractivity contribution in [3.63, 3.8) is 0 Å². The van der Waals surface area contributed by atoms with Crippen LogP contribution < -0.4 is 0 Å². The second kappa shape index (κ2) is 35.5. The third-order valence-corrected chi connectivity index (χ3v) is 23.0. The molecule has 23 nitrogen and oxygen atoms in total. The number of furan rings is 1. The van der Waals surface area contributed by atoms with Gasteiger partial charge in [0.1, 0.15) is 71.5 Å². The Labute approximate surface area is 808 Å². The maximum atomic E-state index is 6.25. The van der Waals surface area contributed by atoms with E-state index in [0.29, 0.717) is 63.8 Å². The molecule has 15 aromatic heterocycles. The fourth-order valence-corrected chi connectivity index (χ4v) is 17.0. The van der Waals surface area contributed by atoms with Gasteiger partial charge in [0, 0.05) is 51.8 Å². The smallest absolute Gasteiger partial charge is 0.481 e. The zero-order valence-corrected chi connectivity index (χ0v) is 76.7. The Kier molecular flexibility index (Phi) is 22.1. The van der Waals surface area contributed by atoms with Gasteiger partial charge in [-0.15, -0.1) is 132 Å². The predicted molar refractivity (Wildman–Crippen MR) is 499 cm³/mol. The van der Waals surface area contributed by atoms with E-state index in [1.807, 2.05) is 206 Å². The van der Waals surface area contributed by atoms with Crippen LogP contribution in [0, 0.1) is 36.4 Å². The van der Waals surface area contributed by atoms with E-state index < -0.39 is 0 Å². The van der Waals surface area contributed by atoms with Gasteiger partial charge in [0.25, 0.3) is 0 Å². The van der Waals surface area contributed by atoms with Crippen LogP contribution in [0.1, 0.15) is 0 Å². The number of para-hydroxylation sites is 6. The average molecular weight is 2290 g/mol. The summed E-state index contributed by atoms with van der Waals surface area (Å²) in [6, 6.07) is 109. The number of hydrogen-bond donors (Lipinski definition) is 0. The summed E-state index contributed by atoms with van der Waals surface area (Å²) < 4.78 is 59.0. The van der Waals surface area contributed by atoms with Gasteiger partial charge in [-0.2, -0.15) is 0 Å². The number of pyridine rings is 3.